The molecule has 0 aliphatic carbocycles. The van der Waals surface area contributed by atoms with Crippen LogP contribution in [0.1, 0.15) is 16.8 Å². The molecule has 1 aromatic carbocycles. The Kier molecular flexibility index (Phi) is 4.77. The monoisotopic (exact) mass is 359 g/mol. The van der Waals surface area contributed by atoms with Gasteiger partial charge < -0.3 is 9.47 Å². The zero-order valence-electron chi connectivity index (χ0n) is 14.4. The number of aryl methyl sites for hydroxylation is 1. The first kappa shape index (κ1) is 17.4. The topological polar surface area (TPSA) is 38.1 Å². The molecule has 2 aromatic heterocycles. The summed E-state index contributed by atoms with van der Waals surface area (Å²) in [4.78, 5) is 18.0. The van der Waals surface area contributed by atoms with Gasteiger partial charge in [0.2, 0.25) is 5.91 Å². The molecule has 0 atom stereocenters. The van der Waals surface area contributed by atoms with Crippen LogP contribution in [0.4, 0.5) is 4.39 Å². The summed E-state index contributed by atoms with van der Waals surface area (Å²) in [5, 5.41) is 1.08. The predicted molar refractivity (Wildman–Crippen MR) is 97.4 cm³/mol. The van der Waals surface area contributed by atoms with E-state index >= 15 is 0 Å². The number of pyridine rings is 1. The Hall–Kier alpha value is -2.40. The van der Waals surface area contributed by atoms with Crippen LogP contribution in [0, 0.1) is 12.7 Å². The third kappa shape index (κ3) is 3.37. The van der Waals surface area contributed by atoms with E-state index in [1.165, 1.54) is 6.07 Å². The largest absolute Gasteiger partial charge is 0.347 e. The first-order valence-electron chi connectivity index (χ1n) is 7.95. The Bertz CT molecular complexity index is 949. The molecule has 0 aliphatic rings. The molecule has 0 saturated heterocycles. The first-order valence-corrected chi connectivity index (χ1v) is 8.32. The lowest BCUT2D eigenvalue weighted by Crippen LogP contribution is -2.25. The number of fused-ring (bicyclic) bond motifs is 1. The molecule has 1 amide bonds. The van der Waals surface area contributed by atoms with Crippen LogP contribution in [-0.4, -0.2) is 34.5 Å². The lowest BCUT2D eigenvalue weighted by atomic mass is 10.0. The minimum Gasteiger partial charge on any atom is -0.347 e. The summed E-state index contributed by atoms with van der Waals surface area (Å²) in [5.41, 5.74) is 3.39. The minimum atomic E-state index is -0.427. The number of carbonyl (C=O) groups is 1. The summed E-state index contributed by atoms with van der Waals surface area (Å²) in [6, 6.07) is 6.90. The highest BCUT2D eigenvalue weighted by molar-refractivity contribution is 6.31. The number of carbonyl (C=O) groups excluding carboxylic acids is 1. The van der Waals surface area contributed by atoms with Crippen molar-refractivity contribution < 1.29 is 9.18 Å². The minimum absolute atomic E-state index is 0.0138. The molecule has 0 bridgehead atoms. The number of hydrogen-bond acceptors (Lipinski definition) is 2. The molecular weight excluding hydrogens is 341 g/mol. The lowest BCUT2D eigenvalue weighted by Gasteiger charge is -2.12. The summed E-state index contributed by atoms with van der Waals surface area (Å²) >= 11 is 6.15. The molecule has 0 saturated carbocycles. The number of nitrogens with zero attached hydrogens (tertiary/aromatic N) is 3. The highest BCUT2D eigenvalue weighted by Crippen LogP contribution is 2.28. The van der Waals surface area contributed by atoms with Crippen molar-refractivity contribution in [2.75, 3.05) is 14.1 Å². The van der Waals surface area contributed by atoms with Gasteiger partial charge in [-0.25, -0.2) is 4.39 Å². The fourth-order valence-corrected chi connectivity index (χ4v) is 3.10. The fraction of sp³-hybridized carbons (Fsp3) is 0.263. The number of benzene rings is 1. The smallest absolute Gasteiger partial charge is 0.241 e. The van der Waals surface area contributed by atoms with Crippen molar-refractivity contribution >= 4 is 28.4 Å². The van der Waals surface area contributed by atoms with Crippen molar-refractivity contribution in [2.45, 2.75) is 19.9 Å². The van der Waals surface area contributed by atoms with Crippen LogP contribution in [0.2, 0.25) is 5.02 Å². The van der Waals surface area contributed by atoms with E-state index in [-0.39, 0.29) is 17.5 Å². The first-order chi connectivity index (χ1) is 11.9. The molecule has 0 radical (unpaired) electrons. The SMILES string of the molecule is Cc1ccc(F)c(Cl)c1Cc1nccc2c1ccn2CC(=O)N(C)C. The van der Waals surface area contributed by atoms with Crippen molar-refractivity contribution in [1.82, 2.24) is 14.5 Å². The molecular formula is C19H19ClFN3O. The van der Waals surface area contributed by atoms with Crippen molar-refractivity contribution in [3.8, 4) is 0 Å². The zero-order chi connectivity index (χ0) is 18.1. The van der Waals surface area contributed by atoms with Crippen molar-refractivity contribution in [3.63, 3.8) is 0 Å². The van der Waals surface area contributed by atoms with Crippen molar-refractivity contribution in [1.29, 1.82) is 0 Å². The average Bonchev–Trinajstić information content (AvgIpc) is 2.99. The van der Waals surface area contributed by atoms with E-state index in [9.17, 15) is 9.18 Å². The number of likely N-dealkylation sites (N-methyl/N-ethyl adjacent to an activating group) is 1. The maximum Gasteiger partial charge on any atom is 0.241 e. The van der Waals surface area contributed by atoms with E-state index in [2.05, 4.69) is 4.98 Å². The Balaban J connectivity index is 2.00. The van der Waals surface area contributed by atoms with Gasteiger partial charge >= 0.3 is 0 Å². The second-order valence-electron chi connectivity index (χ2n) is 6.26. The summed E-state index contributed by atoms with van der Waals surface area (Å²) in [5.74, 6) is -0.413. The number of amides is 1. The molecule has 3 aromatic rings. The van der Waals surface area contributed by atoms with Crippen LogP contribution in [0.15, 0.2) is 36.7 Å². The molecule has 0 unspecified atom stereocenters. The van der Waals surface area contributed by atoms with Gasteiger partial charge in [0, 0.05) is 38.3 Å². The third-order valence-electron chi connectivity index (χ3n) is 4.36. The number of halogens is 2. The molecule has 0 N–H and O–H groups in total. The molecule has 2 heterocycles. The molecule has 0 spiro atoms. The quantitative estimate of drug-likeness (QED) is 0.710. The van der Waals surface area contributed by atoms with E-state index < -0.39 is 5.82 Å². The fourth-order valence-electron chi connectivity index (χ4n) is 2.82. The summed E-state index contributed by atoms with van der Waals surface area (Å²) in [6.07, 6.45) is 4.01. The Morgan fingerprint density at radius 1 is 1.28 bits per heavy atom. The lowest BCUT2D eigenvalue weighted by molar-refractivity contribution is -0.129. The second kappa shape index (κ2) is 6.84. The van der Waals surface area contributed by atoms with E-state index in [0.717, 1.165) is 27.7 Å². The van der Waals surface area contributed by atoms with Crippen molar-refractivity contribution in [3.05, 3.63) is 64.3 Å². The van der Waals surface area contributed by atoms with Gasteiger partial charge in [-0.2, -0.15) is 0 Å². The summed E-state index contributed by atoms with van der Waals surface area (Å²) in [7, 11) is 3.46. The van der Waals surface area contributed by atoms with Gasteiger partial charge in [0.05, 0.1) is 16.2 Å². The molecule has 3 rings (SSSR count). The standard InChI is InChI=1S/C19H19ClFN3O/c1-12-4-5-15(21)19(20)14(12)10-16-13-7-9-24(11-18(25)23(2)3)17(13)6-8-22-16/h4-9H,10-11H2,1-3H3. The average molecular weight is 360 g/mol. The maximum atomic E-state index is 13.8. The zero-order valence-corrected chi connectivity index (χ0v) is 15.1. The van der Waals surface area contributed by atoms with Crippen LogP contribution in [0.25, 0.3) is 10.9 Å². The molecule has 25 heavy (non-hydrogen) atoms. The Labute approximate surface area is 150 Å². The normalized spacial score (nSPS) is 11.1. The van der Waals surface area contributed by atoms with Crippen LogP contribution in [-0.2, 0) is 17.8 Å². The van der Waals surface area contributed by atoms with E-state index in [0.29, 0.717) is 6.42 Å². The molecule has 0 fully saturated rings. The third-order valence-corrected chi connectivity index (χ3v) is 4.77. The number of rotatable bonds is 4. The van der Waals surface area contributed by atoms with E-state index in [4.69, 9.17) is 11.6 Å². The second-order valence-corrected chi connectivity index (χ2v) is 6.63. The van der Waals surface area contributed by atoms with E-state index in [1.807, 2.05) is 29.8 Å². The van der Waals surface area contributed by atoms with Crippen LogP contribution >= 0.6 is 11.6 Å². The molecule has 4 nitrogen and oxygen atoms in total. The predicted octanol–water partition coefficient (Wildman–Crippen LogP) is 3.82. The summed E-state index contributed by atoms with van der Waals surface area (Å²) in [6.45, 7) is 2.17. The van der Waals surface area contributed by atoms with E-state index in [1.54, 1.807) is 31.3 Å². The van der Waals surface area contributed by atoms with Gasteiger partial charge in [-0.3, -0.25) is 9.78 Å². The van der Waals surface area contributed by atoms with Crippen LogP contribution in [0.3, 0.4) is 0 Å². The van der Waals surface area contributed by atoms with Crippen LogP contribution in [0.5, 0.6) is 0 Å². The maximum absolute atomic E-state index is 13.8. The highest BCUT2D eigenvalue weighted by atomic mass is 35.5. The summed E-state index contributed by atoms with van der Waals surface area (Å²) < 4.78 is 15.7. The Morgan fingerprint density at radius 2 is 2.04 bits per heavy atom. The molecule has 6 heteroatoms. The number of hydrogen-bond donors (Lipinski definition) is 0. The highest BCUT2D eigenvalue weighted by Gasteiger charge is 2.15. The molecule has 0 aliphatic heterocycles. The van der Waals surface area contributed by atoms with Gasteiger partial charge in [-0.05, 0) is 36.2 Å². The molecule has 130 valence electrons. The van der Waals surface area contributed by atoms with Crippen molar-refractivity contribution in [2.24, 2.45) is 0 Å². The van der Waals surface area contributed by atoms with Gasteiger partial charge in [-0.1, -0.05) is 17.7 Å². The van der Waals surface area contributed by atoms with Crippen LogP contribution < -0.4 is 0 Å². The Morgan fingerprint density at radius 3 is 2.76 bits per heavy atom. The van der Waals surface area contributed by atoms with Gasteiger partial charge in [0.1, 0.15) is 12.4 Å². The number of aromatic nitrogens is 2. The van der Waals surface area contributed by atoms with Gasteiger partial charge in [0.25, 0.3) is 0 Å². The van der Waals surface area contributed by atoms with Gasteiger partial charge in [-0.15, -0.1) is 0 Å². The van der Waals surface area contributed by atoms with Gasteiger partial charge in [0.15, 0.2) is 0 Å².